The third-order valence-corrected chi connectivity index (χ3v) is 9.56. The van der Waals surface area contributed by atoms with Gasteiger partial charge in [-0.3, -0.25) is 4.79 Å². The highest BCUT2D eigenvalue weighted by Gasteiger charge is 2.63. The second-order valence-corrected chi connectivity index (χ2v) is 11.2. The number of carbonyl (C=O) groups is 1. The summed E-state index contributed by atoms with van der Waals surface area (Å²) < 4.78 is 66.9. The van der Waals surface area contributed by atoms with Crippen molar-refractivity contribution in [2.24, 2.45) is 11.8 Å². The zero-order valence-corrected chi connectivity index (χ0v) is 18.9. The first-order chi connectivity index (χ1) is 15.4. The largest absolute Gasteiger partial charge is 0.390 e. The van der Waals surface area contributed by atoms with Gasteiger partial charge in [0.2, 0.25) is 0 Å². The highest BCUT2D eigenvalue weighted by molar-refractivity contribution is 7.92. The zero-order valence-electron chi connectivity index (χ0n) is 17.4. The van der Waals surface area contributed by atoms with Crippen LogP contribution in [-0.4, -0.2) is 41.5 Å². The van der Waals surface area contributed by atoms with Crippen LogP contribution in [0.3, 0.4) is 0 Å². The fraction of sp³-hybridized carbons (Fsp3) is 0.409. The number of sulfone groups is 1. The Bertz CT molecular complexity index is 1220. The Morgan fingerprint density at radius 3 is 2.39 bits per heavy atom. The van der Waals surface area contributed by atoms with Crippen LogP contribution < -0.4 is 5.32 Å². The minimum absolute atomic E-state index is 0.131. The second-order valence-electron chi connectivity index (χ2n) is 8.62. The van der Waals surface area contributed by atoms with Crippen LogP contribution in [-0.2, 0) is 9.84 Å². The number of hydrogen-bond acceptors (Lipinski definition) is 5. The lowest BCUT2D eigenvalue weighted by Crippen LogP contribution is -2.47. The van der Waals surface area contributed by atoms with Gasteiger partial charge in [-0.2, -0.15) is 0 Å². The number of nitrogens with one attached hydrogen (secondary N) is 1. The monoisotopic (exact) mass is 503 g/mol. The number of halogens is 4. The summed E-state index contributed by atoms with van der Waals surface area (Å²) in [6.07, 6.45) is 0.0587. The van der Waals surface area contributed by atoms with Crippen LogP contribution in [0.15, 0.2) is 35.2 Å². The molecule has 6 nitrogen and oxygen atoms in total. The van der Waals surface area contributed by atoms with Gasteiger partial charge in [0.05, 0.1) is 26.9 Å². The first-order valence-electron chi connectivity index (χ1n) is 10.3. The number of aliphatic hydroxyl groups is 2. The lowest BCUT2D eigenvalue weighted by Gasteiger charge is -2.32. The van der Waals surface area contributed by atoms with Gasteiger partial charge < -0.3 is 15.5 Å². The molecule has 2 bridgehead atoms. The standard InChI is InChI=1S/C22H21ClF3NO5S/c1-10(28)22(30)12-3-4-14(22)18(7-12)33(31,32)19-6-11(2-5-15(19)23)21(29)27-13-8-16(24)20(26)17(25)9-13/h2,5-6,8-10,12,14,18,28,30H,3-4,7H2,1H3,(H,27,29)/t10?,12?,14?,18?,22-/m0/s1. The minimum atomic E-state index is -4.11. The van der Waals surface area contributed by atoms with E-state index in [-0.39, 0.29) is 33.5 Å². The third-order valence-electron chi connectivity index (χ3n) is 6.85. The van der Waals surface area contributed by atoms with Crippen molar-refractivity contribution in [1.29, 1.82) is 0 Å². The van der Waals surface area contributed by atoms with Crippen molar-refractivity contribution in [2.45, 2.75) is 48.0 Å². The molecule has 4 rings (SSSR count). The van der Waals surface area contributed by atoms with E-state index in [4.69, 9.17) is 11.6 Å². The van der Waals surface area contributed by atoms with E-state index in [2.05, 4.69) is 5.32 Å². The number of hydrogen-bond donors (Lipinski definition) is 3. The molecule has 4 unspecified atom stereocenters. The van der Waals surface area contributed by atoms with Gasteiger partial charge in [0.1, 0.15) is 0 Å². The van der Waals surface area contributed by atoms with E-state index in [1.54, 1.807) is 0 Å². The molecule has 2 aliphatic carbocycles. The SMILES string of the molecule is CC(O)[C@]1(O)C2CCC1C(S(=O)(=O)c1cc(C(=O)Nc3cc(F)c(F)c(F)c3)ccc1Cl)C2. The van der Waals surface area contributed by atoms with E-state index in [1.165, 1.54) is 19.1 Å². The molecule has 11 heteroatoms. The van der Waals surface area contributed by atoms with E-state index in [0.717, 1.165) is 6.07 Å². The maximum atomic E-state index is 13.5. The fourth-order valence-electron chi connectivity index (χ4n) is 5.23. The van der Waals surface area contributed by atoms with Crippen LogP contribution in [0.1, 0.15) is 36.5 Å². The van der Waals surface area contributed by atoms with Crippen LogP contribution in [0.5, 0.6) is 0 Å². The van der Waals surface area contributed by atoms with Gasteiger partial charge in [-0.1, -0.05) is 11.6 Å². The first kappa shape index (κ1) is 24.0. The van der Waals surface area contributed by atoms with E-state index in [9.17, 15) is 36.6 Å². The second kappa shape index (κ2) is 8.26. The smallest absolute Gasteiger partial charge is 0.255 e. The Balaban J connectivity index is 1.64. The molecule has 2 aromatic rings. The predicted molar refractivity (Wildman–Crippen MR) is 114 cm³/mol. The van der Waals surface area contributed by atoms with Crippen LogP contribution >= 0.6 is 11.6 Å². The molecule has 2 fully saturated rings. The molecule has 0 heterocycles. The number of aliphatic hydroxyl groups excluding tert-OH is 1. The van der Waals surface area contributed by atoms with Gasteiger partial charge in [0.15, 0.2) is 27.3 Å². The Morgan fingerprint density at radius 1 is 1.18 bits per heavy atom. The molecule has 0 spiro atoms. The normalized spacial score (nSPS) is 27.5. The van der Waals surface area contributed by atoms with Crippen molar-refractivity contribution in [3.8, 4) is 0 Å². The number of benzene rings is 2. The summed E-state index contributed by atoms with van der Waals surface area (Å²) in [7, 11) is -4.11. The highest BCUT2D eigenvalue weighted by Crippen LogP contribution is 2.56. The molecule has 33 heavy (non-hydrogen) atoms. The van der Waals surface area contributed by atoms with Crippen molar-refractivity contribution in [3.05, 3.63) is 58.4 Å². The molecule has 5 atom stereocenters. The molecule has 178 valence electrons. The first-order valence-corrected chi connectivity index (χ1v) is 12.2. The van der Waals surface area contributed by atoms with Gasteiger partial charge in [0, 0.05) is 29.3 Å². The van der Waals surface area contributed by atoms with Crippen LogP contribution in [0, 0.1) is 29.3 Å². The Kier molecular flexibility index (Phi) is 6.01. The number of fused-ring (bicyclic) bond motifs is 2. The quantitative estimate of drug-likeness (QED) is 0.540. The van der Waals surface area contributed by atoms with E-state index in [1.807, 2.05) is 0 Å². The molecule has 2 aromatic carbocycles. The van der Waals surface area contributed by atoms with E-state index in [0.29, 0.717) is 25.0 Å². The van der Waals surface area contributed by atoms with E-state index < -0.39 is 56.1 Å². The number of rotatable bonds is 5. The zero-order chi connectivity index (χ0) is 24.3. The van der Waals surface area contributed by atoms with E-state index >= 15 is 0 Å². The third kappa shape index (κ3) is 3.82. The molecule has 0 aromatic heterocycles. The van der Waals surface area contributed by atoms with Crippen molar-refractivity contribution in [1.82, 2.24) is 0 Å². The van der Waals surface area contributed by atoms with Crippen LogP contribution in [0.25, 0.3) is 0 Å². The van der Waals surface area contributed by atoms with Crippen molar-refractivity contribution in [2.75, 3.05) is 5.32 Å². The Labute approximate surface area is 193 Å². The molecule has 0 aliphatic heterocycles. The summed E-state index contributed by atoms with van der Waals surface area (Å²) in [6.45, 7) is 1.43. The topological polar surface area (TPSA) is 104 Å². The van der Waals surface area contributed by atoms with Crippen molar-refractivity contribution < 1.29 is 36.6 Å². The summed E-state index contributed by atoms with van der Waals surface area (Å²) >= 11 is 6.16. The highest BCUT2D eigenvalue weighted by atomic mass is 35.5. The summed E-state index contributed by atoms with van der Waals surface area (Å²) in [5.74, 6) is -6.63. The summed E-state index contributed by atoms with van der Waals surface area (Å²) in [6, 6.07) is 4.69. The molecule has 1 amide bonds. The average Bonchev–Trinajstić information content (AvgIpc) is 3.23. The fourth-order valence-corrected chi connectivity index (χ4v) is 7.90. The maximum Gasteiger partial charge on any atom is 0.255 e. The number of amides is 1. The lowest BCUT2D eigenvalue weighted by atomic mass is 9.87. The van der Waals surface area contributed by atoms with Gasteiger partial charge in [0.25, 0.3) is 5.91 Å². The van der Waals surface area contributed by atoms with Crippen molar-refractivity contribution in [3.63, 3.8) is 0 Å². The Morgan fingerprint density at radius 2 is 1.82 bits per heavy atom. The Hall–Kier alpha value is -2.14. The minimum Gasteiger partial charge on any atom is -0.390 e. The summed E-state index contributed by atoms with van der Waals surface area (Å²) in [5, 5.41) is 22.2. The predicted octanol–water partition coefficient (Wildman–Crippen LogP) is 3.69. The molecule has 3 N–H and O–H groups in total. The summed E-state index contributed by atoms with van der Waals surface area (Å²) in [4.78, 5) is 12.3. The number of anilines is 1. The molecule has 0 saturated heterocycles. The van der Waals surface area contributed by atoms with Gasteiger partial charge in [-0.15, -0.1) is 0 Å². The molecule has 2 aliphatic rings. The van der Waals surface area contributed by atoms with Gasteiger partial charge in [-0.05, 0) is 50.3 Å². The van der Waals surface area contributed by atoms with Crippen LogP contribution in [0.4, 0.5) is 18.9 Å². The molecule has 2 saturated carbocycles. The maximum absolute atomic E-state index is 13.5. The summed E-state index contributed by atoms with van der Waals surface area (Å²) in [5.41, 5.74) is -2.03. The van der Waals surface area contributed by atoms with Crippen molar-refractivity contribution >= 4 is 33.0 Å². The van der Waals surface area contributed by atoms with Crippen LogP contribution in [0.2, 0.25) is 5.02 Å². The van der Waals surface area contributed by atoms with Gasteiger partial charge >= 0.3 is 0 Å². The number of carbonyl (C=O) groups excluding carboxylic acids is 1. The lowest BCUT2D eigenvalue weighted by molar-refractivity contribution is -0.0977. The molecule has 0 radical (unpaired) electrons. The average molecular weight is 504 g/mol. The molecular weight excluding hydrogens is 483 g/mol. The molecular formula is C22H21ClF3NO5S. The van der Waals surface area contributed by atoms with Gasteiger partial charge in [-0.25, -0.2) is 21.6 Å².